The summed E-state index contributed by atoms with van der Waals surface area (Å²) in [7, 11) is 1.73. The fraction of sp³-hybridized carbons (Fsp3) is 0.647. The first-order chi connectivity index (χ1) is 10.6. The Labute approximate surface area is 132 Å². The third kappa shape index (κ3) is 5.55. The van der Waals surface area contributed by atoms with Gasteiger partial charge < -0.3 is 14.8 Å². The summed E-state index contributed by atoms with van der Waals surface area (Å²) in [5, 5.41) is 3.44. The summed E-state index contributed by atoms with van der Waals surface area (Å²) in [6.45, 7) is 8.59. The molecule has 0 saturated carbocycles. The number of nitrogens with zero attached hydrogens (tertiary/aromatic N) is 1. The standard InChI is InChI=1S/C17H27FN2O2/c1-17(7-8-19-13-17)14-20(9-11-21-2)10-12-22-16-5-3-15(18)4-6-16/h3-6,19H,7-14H2,1-2H3. The van der Waals surface area contributed by atoms with Crippen molar-refractivity contribution in [2.45, 2.75) is 13.3 Å². The lowest BCUT2D eigenvalue weighted by Crippen LogP contribution is -2.41. The second-order valence-electron chi connectivity index (χ2n) is 6.31. The minimum Gasteiger partial charge on any atom is -0.492 e. The predicted octanol–water partition coefficient (Wildman–Crippen LogP) is 2.15. The summed E-state index contributed by atoms with van der Waals surface area (Å²) in [4.78, 5) is 2.39. The number of hydrogen-bond donors (Lipinski definition) is 1. The first-order valence-corrected chi connectivity index (χ1v) is 7.92. The maximum Gasteiger partial charge on any atom is 0.123 e. The average molecular weight is 310 g/mol. The molecule has 1 aliphatic heterocycles. The molecule has 0 radical (unpaired) electrons. The van der Waals surface area contributed by atoms with Gasteiger partial charge in [-0.15, -0.1) is 0 Å². The lowest BCUT2D eigenvalue weighted by Gasteiger charge is -2.31. The van der Waals surface area contributed by atoms with Crippen LogP contribution in [0.5, 0.6) is 5.75 Å². The lowest BCUT2D eigenvalue weighted by atomic mass is 9.89. The molecule has 2 rings (SSSR count). The number of nitrogens with one attached hydrogen (secondary N) is 1. The molecule has 1 fully saturated rings. The van der Waals surface area contributed by atoms with Crippen LogP contribution >= 0.6 is 0 Å². The van der Waals surface area contributed by atoms with E-state index in [9.17, 15) is 4.39 Å². The molecule has 1 atom stereocenters. The highest BCUT2D eigenvalue weighted by atomic mass is 19.1. The predicted molar refractivity (Wildman–Crippen MR) is 85.8 cm³/mol. The van der Waals surface area contributed by atoms with Crippen molar-refractivity contribution < 1.29 is 13.9 Å². The van der Waals surface area contributed by atoms with E-state index in [0.717, 1.165) is 39.3 Å². The van der Waals surface area contributed by atoms with Crippen LogP contribution in [0.3, 0.4) is 0 Å². The topological polar surface area (TPSA) is 33.7 Å². The van der Waals surface area contributed by atoms with Crippen LogP contribution in [0, 0.1) is 11.2 Å². The van der Waals surface area contributed by atoms with Crippen LogP contribution in [0.2, 0.25) is 0 Å². The van der Waals surface area contributed by atoms with Crippen molar-refractivity contribution in [2.75, 3.05) is 53.0 Å². The Morgan fingerprint density at radius 2 is 1.95 bits per heavy atom. The zero-order valence-corrected chi connectivity index (χ0v) is 13.6. The van der Waals surface area contributed by atoms with E-state index < -0.39 is 0 Å². The van der Waals surface area contributed by atoms with Crippen molar-refractivity contribution in [3.05, 3.63) is 30.1 Å². The zero-order valence-electron chi connectivity index (χ0n) is 13.6. The van der Waals surface area contributed by atoms with E-state index in [2.05, 4.69) is 17.1 Å². The fourth-order valence-electron chi connectivity index (χ4n) is 2.86. The summed E-state index contributed by atoms with van der Waals surface area (Å²) >= 11 is 0. The van der Waals surface area contributed by atoms with Crippen LogP contribution in [0.4, 0.5) is 4.39 Å². The molecule has 1 aromatic carbocycles. The normalized spacial score (nSPS) is 21.5. The molecule has 0 aromatic heterocycles. The second-order valence-corrected chi connectivity index (χ2v) is 6.31. The van der Waals surface area contributed by atoms with E-state index in [1.807, 2.05) is 0 Å². The molecule has 0 amide bonds. The number of halogens is 1. The van der Waals surface area contributed by atoms with Gasteiger partial charge >= 0.3 is 0 Å². The Morgan fingerprint density at radius 1 is 1.23 bits per heavy atom. The summed E-state index contributed by atoms with van der Waals surface area (Å²) in [5.74, 6) is 0.470. The lowest BCUT2D eigenvalue weighted by molar-refractivity contribution is 0.105. The smallest absolute Gasteiger partial charge is 0.123 e. The molecule has 124 valence electrons. The Balaban J connectivity index is 1.79. The molecule has 5 heteroatoms. The number of methoxy groups -OCH3 is 1. The van der Waals surface area contributed by atoms with Gasteiger partial charge in [0.2, 0.25) is 0 Å². The van der Waals surface area contributed by atoms with Gasteiger partial charge in [0.25, 0.3) is 0 Å². The van der Waals surface area contributed by atoms with E-state index in [0.29, 0.717) is 17.8 Å². The molecule has 22 heavy (non-hydrogen) atoms. The van der Waals surface area contributed by atoms with E-state index >= 15 is 0 Å². The molecule has 1 heterocycles. The van der Waals surface area contributed by atoms with Crippen molar-refractivity contribution in [2.24, 2.45) is 5.41 Å². The van der Waals surface area contributed by atoms with Gasteiger partial charge in [-0.25, -0.2) is 4.39 Å². The summed E-state index contributed by atoms with van der Waals surface area (Å²) in [6, 6.07) is 6.17. The number of ether oxygens (including phenoxy) is 2. The first-order valence-electron chi connectivity index (χ1n) is 7.92. The van der Waals surface area contributed by atoms with Crippen molar-refractivity contribution in [3.8, 4) is 5.75 Å². The van der Waals surface area contributed by atoms with Crippen LogP contribution in [-0.2, 0) is 4.74 Å². The van der Waals surface area contributed by atoms with Crippen molar-refractivity contribution in [1.82, 2.24) is 10.2 Å². The molecular formula is C17H27FN2O2. The first kappa shape index (κ1) is 17.2. The minimum atomic E-state index is -0.240. The quantitative estimate of drug-likeness (QED) is 0.758. The van der Waals surface area contributed by atoms with E-state index in [1.54, 1.807) is 19.2 Å². The highest BCUT2D eigenvalue weighted by molar-refractivity contribution is 5.21. The van der Waals surface area contributed by atoms with Gasteiger partial charge in [0.1, 0.15) is 18.2 Å². The van der Waals surface area contributed by atoms with Gasteiger partial charge in [-0.05, 0) is 42.6 Å². The van der Waals surface area contributed by atoms with E-state index in [4.69, 9.17) is 9.47 Å². The van der Waals surface area contributed by atoms with E-state index in [-0.39, 0.29) is 5.82 Å². The summed E-state index contributed by atoms with van der Waals surface area (Å²) in [6.07, 6.45) is 1.20. The third-order valence-corrected chi connectivity index (χ3v) is 4.16. The molecule has 1 N–H and O–H groups in total. The van der Waals surface area contributed by atoms with Crippen LogP contribution in [0.1, 0.15) is 13.3 Å². The summed E-state index contributed by atoms with van der Waals surface area (Å²) < 4.78 is 23.8. The van der Waals surface area contributed by atoms with Crippen LogP contribution in [0.15, 0.2) is 24.3 Å². The monoisotopic (exact) mass is 310 g/mol. The van der Waals surface area contributed by atoms with Crippen molar-refractivity contribution >= 4 is 0 Å². The summed E-state index contributed by atoms with van der Waals surface area (Å²) in [5.41, 5.74) is 0.323. The van der Waals surface area contributed by atoms with Crippen molar-refractivity contribution in [1.29, 1.82) is 0 Å². The SMILES string of the molecule is COCCN(CCOc1ccc(F)cc1)CC1(C)CCNC1. The van der Waals surface area contributed by atoms with Gasteiger partial charge in [0.05, 0.1) is 6.61 Å². The molecule has 0 aliphatic carbocycles. The Hall–Kier alpha value is -1.17. The Bertz CT molecular complexity index is 433. The van der Waals surface area contributed by atoms with Gasteiger partial charge in [-0.3, -0.25) is 4.90 Å². The molecule has 1 aromatic rings. The average Bonchev–Trinajstić information content (AvgIpc) is 2.93. The van der Waals surface area contributed by atoms with E-state index in [1.165, 1.54) is 18.6 Å². The highest BCUT2D eigenvalue weighted by Gasteiger charge is 2.30. The minimum absolute atomic E-state index is 0.240. The maximum atomic E-state index is 12.9. The van der Waals surface area contributed by atoms with Crippen LogP contribution in [-0.4, -0.2) is 57.9 Å². The number of hydrogen-bond acceptors (Lipinski definition) is 4. The highest BCUT2D eigenvalue weighted by Crippen LogP contribution is 2.25. The van der Waals surface area contributed by atoms with Crippen molar-refractivity contribution in [3.63, 3.8) is 0 Å². The Morgan fingerprint density at radius 3 is 2.59 bits per heavy atom. The fourth-order valence-corrected chi connectivity index (χ4v) is 2.86. The van der Waals surface area contributed by atoms with Crippen LogP contribution < -0.4 is 10.1 Å². The molecule has 1 unspecified atom stereocenters. The molecular weight excluding hydrogens is 283 g/mol. The van der Waals surface area contributed by atoms with Gasteiger partial charge in [-0.2, -0.15) is 0 Å². The number of benzene rings is 1. The maximum absolute atomic E-state index is 12.9. The van der Waals surface area contributed by atoms with Gasteiger partial charge in [0, 0.05) is 33.3 Å². The van der Waals surface area contributed by atoms with Crippen LogP contribution in [0.25, 0.3) is 0 Å². The molecule has 1 saturated heterocycles. The van der Waals surface area contributed by atoms with Gasteiger partial charge in [-0.1, -0.05) is 6.92 Å². The molecule has 0 bridgehead atoms. The molecule has 0 spiro atoms. The molecule has 4 nitrogen and oxygen atoms in total. The number of rotatable bonds is 9. The Kier molecular flexibility index (Phi) is 6.61. The molecule has 1 aliphatic rings. The zero-order chi connectivity index (χ0) is 15.8. The van der Waals surface area contributed by atoms with Gasteiger partial charge in [0.15, 0.2) is 0 Å². The third-order valence-electron chi connectivity index (χ3n) is 4.16. The largest absolute Gasteiger partial charge is 0.492 e. The second kappa shape index (κ2) is 8.46.